The monoisotopic (exact) mass is 420 g/mol. The molecule has 8 heteroatoms. The van der Waals surface area contributed by atoms with E-state index in [1.165, 1.54) is 11.7 Å². The Morgan fingerprint density at radius 2 is 2.10 bits per heavy atom. The summed E-state index contributed by atoms with van der Waals surface area (Å²) in [5.41, 5.74) is 0.590. The van der Waals surface area contributed by atoms with E-state index in [1.54, 1.807) is 13.0 Å². The Morgan fingerprint density at radius 3 is 2.84 bits per heavy atom. The first-order chi connectivity index (χ1) is 14.9. The van der Waals surface area contributed by atoms with Gasteiger partial charge in [-0.25, -0.2) is 9.78 Å². The van der Waals surface area contributed by atoms with Crippen LogP contribution in [0.3, 0.4) is 0 Å². The maximum atomic E-state index is 13.5. The summed E-state index contributed by atoms with van der Waals surface area (Å²) in [4.78, 5) is 42.8. The molecule has 1 aromatic carbocycles. The van der Waals surface area contributed by atoms with Crippen LogP contribution in [0.2, 0.25) is 0 Å². The maximum absolute atomic E-state index is 13.5. The average Bonchev–Trinajstić information content (AvgIpc) is 3.07. The lowest BCUT2D eigenvalue weighted by Crippen LogP contribution is -2.44. The molecular formula is C23H20N2O6. The predicted molar refractivity (Wildman–Crippen MR) is 110 cm³/mol. The number of ether oxygens (including phenoxy) is 2. The number of hydrogen-bond donors (Lipinski definition) is 1. The Bertz CT molecular complexity index is 1330. The first-order valence-corrected chi connectivity index (χ1v) is 10.0. The third-order valence-corrected chi connectivity index (χ3v) is 6.24. The molecule has 2 atom stereocenters. The van der Waals surface area contributed by atoms with Crippen molar-refractivity contribution in [3.8, 4) is 11.4 Å². The number of pyridine rings is 2. The molecule has 0 saturated heterocycles. The molecule has 3 aromatic rings. The van der Waals surface area contributed by atoms with E-state index in [0.29, 0.717) is 11.4 Å². The number of nitrogens with zero attached hydrogens (tertiary/aromatic N) is 2. The molecular weight excluding hydrogens is 400 g/mol. The number of aromatic nitrogens is 2. The van der Waals surface area contributed by atoms with E-state index < -0.39 is 29.1 Å². The summed E-state index contributed by atoms with van der Waals surface area (Å²) in [6, 6.07) is 10.5. The number of benzene rings is 1. The zero-order valence-corrected chi connectivity index (χ0v) is 17.0. The van der Waals surface area contributed by atoms with Crippen LogP contribution in [-0.4, -0.2) is 33.7 Å². The second kappa shape index (κ2) is 6.75. The fraction of sp³-hybridized carbons (Fsp3) is 0.304. The molecule has 2 aromatic heterocycles. The number of aliphatic hydroxyl groups is 1. The molecule has 5 rings (SSSR count). The van der Waals surface area contributed by atoms with Crippen molar-refractivity contribution < 1.29 is 24.2 Å². The van der Waals surface area contributed by atoms with Crippen LogP contribution in [0.1, 0.15) is 42.5 Å². The number of esters is 2. The summed E-state index contributed by atoms with van der Waals surface area (Å²) in [6.45, 7) is 1.42. The van der Waals surface area contributed by atoms with Gasteiger partial charge >= 0.3 is 11.9 Å². The van der Waals surface area contributed by atoms with Crippen molar-refractivity contribution in [1.82, 2.24) is 9.55 Å². The van der Waals surface area contributed by atoms with Crippen LogP contribution in [0.4, 0.5) is 0 Å². The van der Waals surface area contributed by atoms with Gasteiger partial charge in [0.1, 0.15) is 6.61 Å². The highest BCUT2D eigenvalue weighted by Gasteiger charge is 2.46. The van der Waals surface area contributed by atoms with Gasteiger partial charge in [-0.3, -0.25) is 14.2 Å². The number of methoxy groups -OCH3 is 1. The predicted octanol–water partition coefficient (Wildman–Crippen LogP) is 2.18. The zero-order chi connectivity index (χ0) is 21.9. The van der Waals surface area contributed by atoms with Gasteiger partial charge in [-0.15, -0.1) is 0 Å². The van der Waals surface area contributed by atoms with Crippen molar-refractivity contribution in [2.24, 2.45) is 0 Å². The van der Waals surface area contributed by atoms with Gasteiger partial charge in [-0.2, -0.15) is 0 Å². The van der Waals surface area contributed by atoms with E-state index in [0.717, 1.165) is 16.5 Å². The average molecular weight is 420 g/mol. The number of hydrogen-bond acceptors (Lipinski definition) is 7. The fourth-order valence-corrected chi connectivity index (χ4v) is 4.54. The van der Waals surface area contributed by atoms with Gasteiger partial charge < -0.3 is 14.6 Å². The topological polar surface area (TPSA) is 108 Å². The van der Waals surface area contributed by atoms with E-state index in [2.05, 4.69) is 0 Å². The quantitative estimate of drug-likeness (QED) is 0.647. The van der Waals surface area contributed by atoms with Crippen molar-refractivity contribution in [3.05, 3.63) is 63.4 Å². The third kappa shape index (κ3) is 2.64. The van der Waals surface area contributed by atoms with Gasteiger partial charge in [0.05, 0.1) is 42.0 Å². The SMILES string of the molecule is CC[C@@]1(O)C(=O)OCc2c1cc1n(c2=O)C(CC(=O)OC)c2cc3ccccc3nc2-1. The minimum atomic E-state index is -1.90. The van der Waals surface area contributed by atoms with Gasteiger partial charge in [0, 0.05) is 16.5 Å². The molecule has 0 amide bonds. The minimum Gasteiger partial charge on any atom is -0.469 e. The molecule has 2 aliphatic rings. The van der Waals surface area contributed by atoms with Crippen LogP contribution in [0.5, 0.6) is 0 Å². The zero-order valence-electron chi connectivity index (χ0n) is 17.0. The fourth-order valence-electron chi connectivity index (χ4n) is 4.54. The van der Waals surface area contributed by atoms with Crippen LogP contribution in [-0.2, 0) is 31.3 Å². The van der Waals surface area contributed by atoms with Crippen molar-refractivity contribution in [3.63, 3.8) is 0 Å². The summed E-state index contributed by atoms with van der Waals surface area (Å²) < 4.78 is 11.5. The lowest BCUT2D eigenvalue weighted by molar-refractivity contribution is -0.172. The van der Waals surface area contributed by atoms with Gasteiger partial charge in [-0.05, 0) is 24.6 Å². The van der Waals surface area contributed by atoms with Crippen LogP contribution < -0.4 is 5.56 Å². The van der Waals surface area contributed by atoms with Crippen molar-refractivity contribution in [2.45, 2.75) is 38.0 Å². The number of para-hydroxylation sites is 1. The van der Waals surface area contributed by atoms with Crippen LogP contribution in [0, 0.1) is 0 Å². The van der Waals surface area contributed by atoms with Gasteiger partial charge in [-0.1, -0.05) is 25.1 Å². The first-order valence-electron chi connectivity index (χ1n) is 10.0. The Morgan fingerprint density at radius 1 is 1.32 bits per heavy atom. The summed E-state index contributed by atoms with van der Waals surface area (Å²) in [7, 11) is 1.30. The maximum Gasteiger partial charge on any atom is 0.343 e. The number of fused-ring (bicyclic) bond motifs is 5. The smallest absolute Gasteiger partial charge is 0.343 e. The third-order valence-electron chi connectivity index (χ3n) is 6.24. The van der Waals surface area contributed by atoms with E-state index in [1.807, 2.05) is 30.3 Å². The summed E-state index contributed by atoms with van der Waals surface area (Å²) in [5.74, 6) is -1.24. The lowest BCUT2D eigenvalue weighted by Gasteiger charge is -2.32. The standard InChI is InChI=1S/C23H20N2O6/c1-3-23(29)15-9-18-20-13(8-12-6-4-5-7-16(12)24-20)17(10-19(26)30-2)25(18)21(27)14(15)11-31-22(23)28/h4-9,17,29H,3,10-11H2,1-2H3/t17?,23-/m0/s1. The van der Waals surface area contributed by atoms with E-state index in [9.17, 15) is 19.5 Å². The molecule has 0 fully saturated rings. The molecule has 0 radical (unpaired) electrons. The Balaban J connectivity index is 1.83. The Hall–Kier alpha value is -3.52. The van der Waals surface area contributed by atoms with Gasteiger partial charge in [0.15, 0.2) is 5.60 Å². The second-order valence-corrected chi connectivity index (χ2v) is 7.80. The summed E-state index contributed by atoms with van der Waals surface area (Å²) in [6.07, 6.45) is 0.0123. The first kappa shape index (κ1) is 19.4. The number of carbonyl (C=O) groups excluding carboxylic acids is 2. The number of carbonyl (C=O) groups is 2. The van der Waals surface area contributed by atoms with Crippen LogP contribution in [0.25, 0.3) is 22.3 Å². The van der Waals surface area contributed by atoms with Gasteiger partial charge in [0.2, 0.25) is 0 Å². The molecule has 31 heavy (non-hydrogen) atoms. The minimum absolute atomic E-state index is 0.0486. The highest BCUT2D eigenvalue weighted by Crippen LogP contribution is 2.43. The Kier molecular flexibility index (Phi) is 4.23. The van der Waals surface area contributed by atoms with Gasteiger partial charge in [0.25, 0.3) is 5.56 Å². The second-order valence-electron chi connectivity index (χ2n) is 7.80. The highest BCUT2D eigenvalue weighted by atomic mass is 16.6. The molecule has 158 valence electrons. The molecule has 0 saturated carbocycles. The van der Waals surface area contributed by atoms with Crippen molar-refractivity contribution >= 4 is 22.8 Å². The molecule has 0 bridgehead atoms. The Labute approximate surface area is 177 Å². The molecule has 4 heterocycles. The van der Waals surface area contributed by atoms with E-state index in [-0.39, 0.29) is 30.6 Å². The normalized spacial score (nSPS) is 21.3. The number of rotatable bonds is 3. The summed E-state index contributed by atoms with van der Waals surface area (Å²) in [5, 5.41) is 11.9. The van der Waals surface area contributed by atoms with E-state index in [4.69, 9.17) is 14.5 Å². The van der Waals surface area contributed by atoms with Crippen LogP contribution >= 0.6 is 0 Å². The van der Waals surface area contributed by atoms with Crippen LogP contribution in [0.15, 0.2) is 41.2 Å². The van der Waals surface area contributed by atoms with Crippen molar-refractivity contribution in [1.29, 1.82) is 0 Å². The summed E-state index contributed by atoms with van der Waals surface area (Å²) >= 11 is 0. The lowest BCUT2D eigenvalue weighted by atomic mass is 9.86. The van der Waals surface area contributed by atoms with Crippen molar-refractivity contribution in [2.75, 3.05) is 7.11 Å². The molecule has 0 aliphatic carbocycles. The molecule has 1 unspecified atom stereocenters. The molecule has 2 aliphatic heterocycles. The number of cyclic esters (lactones) is 1. The van der Waals surface area contributed by atoms with E-state index >= 15 is 0 Å². The highest BCUT2D eigenvalue weighted by molar-refractivity contribution is 5.87. The molecule has 0 spiro atoms. The largest absolute Gasteiger partial charge is 0.469 e. The molecule has 8 nitrogen and oxygen atoms in total. The molecule has 1 N–H and O–H groups in total.